The van der Waals surface area contributed by atoms with Crippen LogP contribution in [0, 0.1) is 0 Å². The van der Waals surface area contributed by atoms with Crippen LogP contribution in [-0.2, 0) is 54.5 Å². The fourth-order valence-corrected chi connectivity index (χ4v) is 7.79. The van der Waals surface area contributed by atoms with Gasteiger partial charge in [0.25, 0.3) is 5.91 Å². The number of hydrogen-bond donors (Lipinski definition) is 6. The van der Waals surface area contributed by atoms with Gasteiger partial charge < -0.3 is 36.4 Å². The fourth-order valence-electron chi connectivity index (χ4n) is 7.79. The number of nitrogens with one attached hydrogen (secondary N) is 5. The lowest BCUT2D eigenvalue weighted by molar-refractivity contribution is -0.141. The summed E-state index contributed by atoms with van der Waals surface area (Å²) in [7, 11) is 0. The van der Waals surface area contributed by atoms with Gasteiger partial charge in [-0.3, -0.25) is 28.8 Å². The number of hydrogen-bond acceptors (Lipinski definition) is 7. The maximum atomic E-state index is 14.7. The highest BCUT2D eigenvalue weighted by Crippen LogP contribution is 2.22. The van der Waals surface area contributed by atoms with Crippen molar-refractivity contribution in [3.8, 4) is 28.0 Å². The zero-order valence-electron chi connectivity index (χ0n) is 37.0. The van der Waals surface area contributed by atoms with Crippen molar-refractivity contribution in [2.24, 2.45) is 0 Å². The van der Waals surface area contributed by atoms with Crippen LogP contribution in [0.3, 0.4) is 0 Å². The summed E-state index contributed by atoms with van der Waals surface area (Å²) in [4.78, 5) is 82.7. The van der Waals surface area contributed by atoms with E-state index >= 15 is 0 Å². The van der Waals surface area contributed by atoms with E-state index in [1.807, 2.05) is 140 Å². The molecule has 0 aromatic heterocycles. The van der Waals surface area contributed by atoms with Gasteiger partial charge in [-0.1, -0.05) is 152 Å². The quantitative estimate of drug-likeness (QED) is 0.0856. The molecule has 2 aliphatic heterocycles. The van der Waals surface area contributed by atoms with Gasteiger partial charge >= 0.3 is 5.97 Å². The smallest absolute Gasteiger partial charge is 0.325 e. The van der Waals surface area contributed by atoms with Crippen LogP contribution in [0.4, 0.5) is 0 Å². The van der Waals surface area contributed by atoms with Gasteiger partial charge in [-0.05, 0) is 76.4 Å². The molecule has 0 aliphatic carbocycles. The minimum Gasteiger partial charge on any atom is -0.484 e. The summed E-state index contributed by atoms with van der Waals surface area (Å²) in [5, 5.41) is 23.4. The lowest BCUT2D eigenvalue weighted by Gasteiger charge is -2.27. The summed E-state index contributed by atoms with van der Waals surface area (Å²) in [6, 6.07) is 44.7. The third kappa shape index (κ3) is 13.5. The molecule has 2 heterocycles. The first-order valence-electron chi connectivity index (χ1n) is 22.3. The molecule has 13 heteroatoms. The van der Waals surface area contributed by atoms with Gasteiger partial charge in [0.05, 0.1) is 0 Å². The number of carboxylic acid groups (broad SMARTS) is 1. The number of rotatable bonds is 12. The van der Waals surface area contributed by atoms with Gasteiger partial charge in [0.15, 0.2) is 6.61 Å². The molecule has 0 radical (unpaired) electrons. The Hall–Kier alpha value is -8.06. The van der Waals surface area contributed by atoms with Crippen molar-refractivity contribution in [1.29, 1.82) is 0 Å². The summed E-state index contributed by atoms with van der Waals surface area (Å²) < 4.78 is 5.82. The molecule has 0 saturated carbocycles. The van der Waals surface area contributed by atoms with Crippen LogP contribution in [-0.4, -0.2) is 77.4 Å². The van der Waals surface area contributed by atoms with Crippen LogP contribution in [0.5, 0.6) is 5.75 Å². The number of aliphatic carboxylic acids is 1. The summed E-state index contributed by atoms with van der Waals surface area (Å²) in [6.07, 6.45) is 0.519. The van der Waals surface area contributed by atoms with Crippen molar-refractivity contribution in [2.75, 3.05) is 6.61 Å². The number of benzene rings is 6. The third-order valence-electron chi connectivity index (χ3n) is 11.6. The van der Waals surface area contributed by atoms with Crippen LogP contribution < -0.4 is 31.3 Å². The van der Waals surface area contributed by atoms with Crippen molar-refractivity contribution in [1.82, 2.24) is 26.6 Å². The number of carboxylic acids is 1. The zero-order chi connectivity index (χ0) is 47.1. The van der Waals surface area contributed by atoms with Crippen molar-refractivity contribution >= 4 is 35.5 Å². The van der Waals surface area contributed by atoms with Gasteiger partial charge in [-0.25, -0.2) is 0 Å². The minimum absolute atomic E-state index is 0.0152. The summed E-state index contributed by atoms with van der Waals surface area (Å²) in [5.41, 5.74) is 6.89. The topological polar surface area (TPSA) is 192 Å². The molecule has 2 aliphatic rings. The highest BCUT2D eigenvalue weighted by atomic mass is 16.5. The van der Waals surface area contributed by atoms with E-state index in [4.69, 9.17) is 4.74 Å². The lowest BCUT2D eigenvalue weighted by Crippen LogP contribution is -2.59. The Balaban J connectivity index is 1.23. The fraction of sp³-hybridized carbons (Fsp3) is 0.222. The molecule has 6 aromatic carbocycles. The van der Waals surface area contributed by atoms with Gasteiger partial charge in [0, 0.05) is 19.3 Å². The van der Waals surface area contributed by atoms with Crippen LogP contribution in [0.15, 0.2) is 164 Å². The number of amides is 5. The molecular weight excluding hydrogens is 847 g/mol. The predicted molar refractivity (Wildman–Crippen MR) is 255 cm³/mol. The molecule has 13 nitrogen and oxygen atoms in total. The van der Waals surface area contributed by atoms with Crippen LogP contribution in [0.1, 0.15) is 35.6 Å². The van der Waals surface area contributed by atoms with Crippen LogP contribution in [0.25, 0.3) is 22.3 Å². The maximum Gasteiger partial charge on any atom is 0.325 e. The Morgan fingerprint density at radius 2 is 1.03 bits per heavy atom. The summed E-state index contributed by atoms with van der Waals surface area (Å²) in [6.45, 7) is 0.873. The lowest BCUT2D eigenvalue weighted by atomic mass is 9.98. The average molecular weight is 900 g/mol. The molecule has 8 rings (SSSR count). The summed E-state index contributed by atoms with van der Waals surface area (Å²) >= 11 is 0. The number of aryl methyl sites for hydroxylation is 1. The van der Waals surface area contributed by atoms with Gasteiger partial charge in [0.2, 0.25) is 23.6 Å². The maximum absolute atomic E-state index is 14.7. The van der Waals surface area contributed by atoms with E-state index in [0.29, 0.717) is 23.3 Å². The van der Waals surface area contributed by atoms with E-state index in [1.165, 1.54) is 6.92 Å². The minimum atomic E-state index is -1.26. The Morgan fingerprint density at radius 1 is 0.567 bits per heavy atom. The number of fused-ring (bicyclic) bond motifs is 16. The van der Waals surface area contributed by atoms with Crippen LogP contribution in [0.2, 0.25) is 0 Å². The number of carbonyl (C=O) groups is 6. The monoisotopic (exact) mass is 899 g/mol. The number of carbonyl (C=O) groups excluding carboxylic acids is 5. The Bertz CT molecular complexity index is 2630. The molecule has 5 amide bonds. The molecule has 0 unspecified atom stereocenters. The first-order chi connectivity index (χ1) is 32.5. The summed E-state index contributed by atoms with van der Waals surface area (Å²) in [5.74, 6) is -4.27. The standard InChI is InChI=1S/C54H53N5O8/c1-35(54(65)66)55-51(62)47-33-39-21-28-44(29-22-39)67-34-49(60)56-46(31-37-17-24-42(25-18-37)40-13-7-3-8-14-40)52(63)59-48(32-38-19-26-43(27-20-38)41-15-9-4-10-16-41)53(64)57-45(50(61)58-47)30-23-36-11-5-2-6-12-36/h2-22,24-29,35,45-48H,23,30-34H2,1H3,(H,55,62)(H,56,60)(H,57,64)(H,58,61)(H,59,63)(H,65,66)/t35-,45-,46-,47-,48+/m0/s1. The second-order valence-electron chi connectivity index (χ2n) is 16.6. The number of ether oxygens (including phenoxy) is 1. The molecule has 6 N–H and O–H groups in total. The molecule has 0 spiro atoms. The van der Waals surface area contributed by atoms with E-state index in [-0.39, 0.29) is 25.7 Å². The molecule has 2 bridgehead atoms. The van der Waals surface area contributed by atoms with E-state index in [2.05, 4.69) is 26.6 Å². The second-order valence-corrected chi connectivity index (χ2v) is 16.6. The highest BCUT2D eigenvalue weighted by Gasteiger charge is 2.33. The molecule has 342 valence electrons. The molecule has 0 fully saturated rings. The van der Waals surface area contributed by atoms with Crippen molar-refractivity contribution < 1.29 is 38.6 Å². The van der Waals surface area contributed by atoms with Gasteiger partial charge in [-0.2, -0.15) is 0 Å². The van der Waals surface area contributed by atoms with E-state index in [0.717, 1.165) is 33.4 Å². The van der Waals surface area contributed by atoms with Crippen molar-refractivity contribution in [3.63, 3.8) is 0 Å². The largest absolute Gasteiger partial charge is 0.484 e. The van der Waals surface area contributed by atoms with E-state index in [9.17, 15) is 33.9 Å². The van der Waals surface area contributed by atoms with Crippen molar-refractivity contribution in [3.05, 3.63) is 186 Å². The molecule has 0 saturated heterocycles. The normalized spacial score (nSPS) is 18.6. The van der Waals surface area contributed by atoms with Gasteiger partial charge in [0.1, 0.15) is 36.0 Å². The van der Waals surface area contributed by atoms with E-state index in [1.54, 1.807) is 24.3 Å². The Labute approximate surface area is 389 Å². The third-order valence-corrected chi connectivity index (χ3v) is 11.6. The molecule has 67 heavy (non-hydrogen) atoms. The SMILES string of the molecule is C[C@H](NC(=O)[C@@H]1Cc2ccc(cc2)OCC(=O)N[C@@H](Cc2ccc(-c3ccccc3)cc2)C(=O)N[C@H](Cc2ccc(-c3ccccc3)cc2)C(=O)N[C@@H](CCc2ccccc2)C(=O)N1)C(=O)O. The first-order valence-corrected chi connectivity index (χ1v) is 22.3. The first kappa shape index (κ1) is 46.9. The predicted octanol–water partition coefficient (Wildman–Crippen LogP) is 5.60. The zero-order valence-corrected chi connectivity index (χ0v) is 37.0. The van der Waals surface area contributed by atoms with Gasteiger partial charge in [-0.15, -0.1) is 0 Å². The molecule has 5 atom stereocenters. The van der Waals surface area contributed by atoms with Crippen molar-refractivity contribution in [2.45, 2.75) is 69.2 Å². The van der Waals surface area contributed by atoms with Crippen LogP contribution >= 0.6 is 0 Å². The molecular formula is C54H53N5O8. The molecule has 6 aromatic rings. The second kappa shape index (κ2) is 22.7. The highest BCUT2D eigenvalue weighted by molar-refractivity contribution is 5.96. The Morgan fingerprint density at radius 3 is 1.55 bits per heavy atom. The van der Waals surface area contributed by atoms with E-state index < -0.39 is 72.3 Å². The average Bonchev–Trinajstić information content (AvgIpc) is 3.35. The Kier molecular flexibility index (Phi) is 15.9.